The number of fused-ring (bicyclic) bond motifs is 1. The van der Waals surface area contributed by atoms with Gasteiger partial charge < -0.3 is 15.0 Å². The number of halogens is 1. The second-order valence-electron chi connectivity index (χ2n) is 8.37. The van der Waals surface area contributed by atoms with Crippen LogP contribution in [0.3, 0.4) is 0 Å². The molecule has 0 radical (unpaired) electrons. The van der Waals surface area contributed by atoms with Gasteiger partial charge in [-0.15, -0.1) is 0 Å². The van der Waals surface area contributed by atoms with E-state index < -0.39 is 0 Å². The molecule has 5 heteroatoms. The molecule has 0 bridgehead atoms. The number of hydrogen-bond donors (Lipinski definition) is 2. The minimum atomic E-state index is -0.105. The van der Waals surface area contributed by atoms with Crippen molar-refractivity contribution in [1.82, 2.24) is 10.3 Å². The Labute approximate surface area is 193 Å². The molecule has 0 aliphatic carbocycles. The van der Waals surface area contributed by atoms with Crippen LogP contribution in [0.2, 0.25) is 5.02 Å². The molecular weight excluding hydrogens is 420 g/mol. The van der Waals surface area contributed by atoms with Crippen molar-refractivity contribution in [3.05, 3.63) is 95.1 Å². The Hall–Kier alpha value is -3.24. The normalized spacial score (nSPS) is 12.1. The summed E-state index contributed by atoms with van der Waals surface area (Å²) in [5.74, 6) is 1.77. The molecule has 1 amide bonds. The molecule has 0 fully saturated rings. The fourth-order valence-corrected chi connectivity index (χ4v) is 3.92. The van der Waals surface area contributed by atoms with Gasteiger partial charge in [0.05, 0.1) is 0 Å². The number of aromatic amines is 1. The molecule has 1 aromatic heterocycles. The molecule has 0 saturated carbocycles. The highest BCUT2D eigenvalue weighted by molar-refractivity contribution is 6.30. The van der Waals surface area contributed by atoms with Crippen molar-refractivity contribution in [2.24, 2.45) is 5.92 Å². The molecule has 4 nitrogen and oxygen atoms in total. The van der Waals surface area contributed by atoms with E-state index in [1.807, 2.05) is 48.7 Å². The zero-order valence-electron chi connectivity index (χ0n) is 18.3. The summed E-state index contributed by atoms with van der Waals surface area (Å²) < 4.78 is 6.05. The van der Waals surface area contributed by atoms with Crippen LogP contribution in [-0.4, -0.2) is 17.4 Å². The predicted molar refractivity (Wildman–Crippen MR) is 131 cm³/mol. The molecular formula is C27H27ClN2O2. The second-order valence-corrected chi connectivity index (χ2v) is 8.81. The molecule has 4 rings (SSSR count). The van der Waals surface area contributed by atoms with E-state index in [2.05, 4.69) is 42.3 Å². The van der Waals surface area contributed by atoms with Gasteiger partial charge in [-0.25, -0.2) is 0 Å². The van der Waals surface area contributed by atoms with E-state index in [4.69, 9.17) is 16.3 Å². The molecule has 0 aliphatic heterocycles. The molecule has 1 heterocycles. The number of ether oxygens (including phenoxy) is 1. The minimum absolute atomic E-state index is 0.0398. The topological polar surface area (TPSA) is 54.1 Å². The Balaban J connectivity index is 1.66. The van der Waals surface area contributed by atoms with Gasteiger partial charge in [-0.05, 0) is 59.5 Å². The maximum atomic E-state index is 12.8. The van der Waals surface area contributed by atoms with E-state index >= 15 is 0 Å². The van der Waals surface area contributed by atoms with Crippen LogP contribution in [-0.2, 0) is 4.79 Å². The smallest absolute Gasteiger partial charge is 0.220 e. The van der Waals surface area contributed by atoms with Gasteiger partial charge in [0.2, 0.25) is 5.91 Å². The zero-order chi connectivity index (χ0) is 22.5. The first-order chi connectivity index (χ1) is 15.5. The summed E-state index contributed by atoms with van der Waals surface area (Å²) in [5, 5.41) is 4.85. The van der Waals surface area contributed by atoms with E-state index in [9.17, 15) is 4.79 Å². The molecule has 164 valence electrons. The van der Waals surface area contributed by atoms with Crippen LogP contribution < -0.4 is 10.1 Å². The number of amides is 1. The van der Waals surface area contributed by atoms with Gasteiger partial charge in [0.1, 0.15) is 11.5 Å². The average Bonchev–Trinajstić information content (AvgIpc) is 3.22. The number of aromatic nitrogens is 1. The SMILES string of the molecule is CC(C)CNC(=O)CC(c1cccc(Oc2ccc(Cl)cc2)c1)c1c[nH]c2ccccc12. The first kappa shape index (κ1) is 22.0. The van der Waals surface area contributed by atoms with Crippen LogP contribution in [0.25, 0.3) is 10.9 Å². The second kappa shape index (κ2) is 9.92. The number of benzene rings is 3. The quantitative estimate of drug-likeness (QED) is 0.309. The summed E-state index contributed by atoms with van der Waals surface area (Å²) in [5.41, 5.74) is 3.19. The first-order valence-corrected chi connectivity index (χ1v) is 11.2. The summed E-state index contributed by atoms with van der Waals surface area (Å²) in [6, 6.07) is 23.4. The molecule has 3 aromatic carbocycles. The highest BCUT2D eigenvalue weighted by Gasteiger charge is 2.22. The third-order valence-electron chi connectivity index (χ3n) is 5.40. The van der Waals surface area contributed by atoms with E-state index in [1.54, 1.807) is 12.1 Å². The predicted octanol–water partition coefficient (Wildman–Crippen LogP) is 6.91. The third-order valence-corrected chi connectivity index (χ3v) is 5.66. The molecule has 0 aliphatic rings. The number of rotatable bonds is 8. The molecule has 32 heavy (non-hydrogen) atoms. The van der Waals surface area contributed by atoms with Crippen molar-refractivity contribution in [3.63, 3.8) is 0 Å². The first-order valence-electron chi connectivity index (χ1n) is 10.9. The lowest BCUT2D eigenvalue weighted by Gasteiger charge is -2.19. The van der Waals surface area contributed by atoms with Crippen LogP contribution in [0.15, 0.2) is 79.0 Å². The Kier molecular flexibility index (Phi) is 6.81. The molecule has 0 spiro atoms. The maximum absolute atomic E-state index is 12.8. The fourth-order valence-electron chi connectivity index (χ4n) is 3.80. The monoisotopic (exact) mass is 446 g/mol. The Morgan fingerprint density at radius 2 is 1.78 bits per heavy atom. The van der Waals surface area contributed by atoms with E-state index in [0.29, 0.717) is 29.7 Å². The molecule has 1 unspecified atom stereocenters. The summed E-state index contributed by atoms with van der Waals surface area (Å²) in [6.45, 7) is 4.85. The minimum Gasteiger partial charge on any atom is -0.457 e. The number of para-hydroxylation sites is 1. The largest absolute Gasteiger partial charge is 0.457 e. The maximum Gasteiger partial charge on any atom is 0.220 e. The highest BCUT2D eigenvalue weighted by Crippen LogP contribution is 2.35. The number of hydrogen-bond acceptors (Lipinski definition) is 2. The lowest BCUT2D eigenvalue weighted by Crippen LogP contribution is -2.28. The number of nitrogens with one attached hydrogen (secondary N) is 2. The Morgan fingerprint density at radius 1 is 1.00 bits per heavy atom. The van der Waals surface area contributed by atoms with Crippen LogP contribution in [0.1, 0.15) is 37.3 Å². The summed E-state index contributed by atoms with van der Waals surface area (Å²) in [4.78, 5) is 16.2. The van der Waals surface area contributed by atoms with Gasteiger partial charge in [0.25, 0.3) is 0 Å². The lowest BCUT2D eigenvalue weighted by molar-refractivity contribution is -0.121. The highest BCUT2D eigenvalue weighted by atomic mass is 35.5. The Bertz CT molecular complexity index is 1200. The van der Waals surface area contributed by atoms with Crippen LogP contribution in [0.4, 0.5) is 0 Å². The van der Waals surface area contributed by atoms with E-state index in [1.165, 1.54) is 0 Å². The Morgan fingerprint density at radius 3 is 2.56 bits per heavy atom. The fraction of sp³-hybridized carbons (Fsp3) is 0.222. The van der Waals surface area contributed by atoms with Crippen LogP contribution in [0.5, 0.6) is 11.5 Å². The van der Waals surface area contributed by atoms with Crippen molar-refractivity contribution in [2.75, 3.05) is 6.54 Å². The van der Waals surface area contributed by atoms with E-state index in [0.717, 1.165) is 27.8 Å². The van der Waals surface area contributed by atoms with Gasteiger partial charge in [0.15, 0.2) is 0 Å². The van der Waals surface area contributed by atoms with Crippen molar-refractivity contribution >= 4 is 28.4 Å². The number of carbonyl (C=O) groups excluding carboxylic acids is 1. The van der Waals surface area contributed by atoms with Crippen LogP contribution in [0, 0.1) is 5.92 Å². The van der Waals surface area contributed by atoms with Crippen molar-refractivity contribution in [1.29, 1.82) is 0 Å². The summed E-state index contributed by atoms with van der Waals surface area (Å²) in [6.07, 6.45) is 2.37. The summed E-state index contributed by atoms with van der Waals surface area (Å²) >= 11 is 5.98. The third kappa shape index (κ3) is 5.32. The molecule has 2 N–H and O–H groups in total. The van der Waals surface area contributed by atoms with Gasteiger partial charge in [-0.2, -0.15) is 0 Å². The molecule has 4 aromatic rings. The van der Waals surface area contributed by atoms with Gasteiger partial charge in [-0.1, -0.05) is 55.8 Å². The molecule has 0 saturated heterocycles. The lowest BCUT2D eigenvalue weighted by atomic mass is 9.88. The van der Waals surface area contributed by atoms with Crippen LogP contribution >= 0.6 is 11.6 Å². The standard InChI is InChI=1S/C27H27ClN2O2/c1-18(2)16-30-27(31)15-24(25-17-29-26-9-4-3-8-23(25)26)19-6-5-7-22(14-19)32-21-12-10-20(28)11-13-21/h3-14,17-18,24,29H,15-16H2,1-2H3,(H,30,31). The van der Waals surface area contributed by atoms with E-state index in [-0.39, 0.29) is 11.8 Å². The van der Waals surface area contributed by atoms with Crippen molar-refractivity contribution < 1.29 is 9.53 Å². The zero-order valence-corrected chi connectivity index (χ0v) is 19.0. The van der Waals surface area contributed by atoms with Gasteiger partial charge in [0, 0.05) is 41.0 Å². The number of carbonyl (C=O) groups is 1. The summed E-state index contributed by atoms with van der Waals surface area (Å²) in [7, 11) is 0. The number of H-pyrrole nitrogens is 1. The van der Waals surface area contributed by atoms with Crippen molar-refractivity contribution in [2.45, 2.75) is 26.2 Å². The average molecular weight is 447 g/mol. The van der Waals surface area contributed by atoms with Gasteiger partial charge in [-0.3, -0.25) is 4.79 Å². The van der Waals surface area contributed by atoms with Crippen molar-refractivity contribution in [3.8, 4) is 11.5 Å². The molecule has 1 atom stereocenters. The van der Waals surface area contributed by atoms with Gasteiger partial charge >= 0.3 is 0 Å².